The summed E-state index contributed by atoms with van der Waals surface area (Å²) in [5.41, 5.74) is 5.23. The Morgan fingerprint density at radius 2 is 1.91 bits per heavy atom. The molecule has 2 aromatic heterocycles. The molecule has 22 heavy (non-hydrogen) atoms. The summed E-state index contributed by atoms with van der Waals surface area (Å²) in [6, 6.07) is 12.2. The molecule has 0 spiro atoms. The van der Waals surface area contributed by atoms with E-state index in [0.29, 0.717) is 0 Å². The maximum Gasteiger partial charge on any atom is 0.137 e. The van der Waals surface area contributed by atoms with Gasteiger partial charge in [-0.25, -0.2) is 4.98 Å². The summed E-state index contributed by atoms with van der Waals surface area (Å²) in [4.78, 5) is 4.65. The number of ether oxygens (including phenoxy) is 1. The highest BCUT2D eigenvalue weighted by Gasteiger charge is 2.06. The monoisotopic (exact) mass is 290 g/mol. The van der Waals surface area contributed by atoms with E-state index in [1.165, 1.54) is 0 Å². The summed E-state index contributed by atoms with van der Waals surface area (Å²) in [5.74, 6) is 0.815. The number of allylic oxidation sites excluding steroid dienone is 3. The van der Waals surface area contributed by atoms with Gasteiger partial charge in [0.2, 0.25) is 0 Å². The minimum atomic E-state index is 0.815. The van der Waals surface area contributed by atoms with Crippen LogP contribution in [0.4, 0.5) is 0 Å². The SMILES string of the molecule is C=C/C(=C\C)c1ccc(-c2cn3cc(OC)ccc3n2)cc1. The molecule has 1 aromatic carbocycles. The van der Waals surface area contributed by atoms with Crippen molar-refractivity contribution in [1.29, 1.82) is 0 Å². The number of fused-ring (bicyclic) bond motifs is 1. The van der Waals surface area contributed by atoms with Crippen LogP contribution in [0.3, 0.4) is 0 Å². The van der Waals surface area contributed by atoms with Gasteiger partial charge in [0, 0.05) is 11.8 Å². The fourth-order valence-electron chi connectivity index (χ4n) is 2.47. The molecule has 0 unspecified atom stereocenters. The summed E-state index contributed by atoms with van der Waals surface area (Å²) in [6.07, 6.45) is 7.86. The van der Waals surface area contributed by atoms with Gasteiger partial charge in [-0.15, -0.1) is 0 Å². The Balaban J connectivity index is 1.98. The van der Waals surface area contributed by atoms with E-state index in [4.69, 9.17) is 4.74 Å². The molecule has 0 fully saturated rings. The zero-order valence-electron chi connectivity index (χ0n) is 12.8. The lowest BCUT2D eigenvalue weighted by Crippen LogP contribution is -1.86. The Morgan fingerprint density at radius 1 is 1.14 bits per heavy atom. The van der Waals surface area contributed by atoms with E-state index < -0.39 is 0 Å². The summed E-state index contributed by atoms with van der Waals surface area (Å²) >= 11 is 0. The topological polar surface area (TPSA) is 26.5 Å². The third kappa shape index (κ3) is 2.53. The van der Waals surface area contributed by atoms with E-state index in [-0.39, 0.29) is 0 Å². The maximum atomic E-state index is 5.24. The lowest BCUT2D eigenvalue weighted by molar-refractivity contribution is 0.412. The Bertz CT molecular complexity index is 842. The van der Waals surface area contributed by atoms with Crippen molar-refractivity contribution in [2.45, 2.75) is 6.92 Å². The standard InChI is InChI=1S/C19H18N2O/c1-4-14(5-2)15-6-8-16(9-7-15)18-13-21-12-17(22-3)10-11-19(21)20-18/h4-13H,1H2,2-3H3/b14-5+. The van der Waals surface area contributed by atoms with Gasteiger partial charge in [-0.1, -0.05) is 43.0 Å². The van der Waals surface area contributed by atoms with Crippen molar-refractivity contribution in [2.24, 2.45) is 0 Å². The van der Waals surface area contributed by atoms with E-state index in [2.05, 4.69) is 41.9 Å². The van der Waals surface area contributed by atoms with Crippen LogP contribution in [0.5, 0.6) is 5.75 Å². The fraction of sp³-hybridized carbons (Fsp3) is 0.105. The second-order valence-corrected chi connectivity index (χ2v) is 4.99. The quantitative estimate of drug-likeness (QED) is 0.656. The first kappa shape index (κ1) is 14.1. The maximum absolute atomic E-state index is 5.24. The summed E-state index contributed by atoms with van der Waals surface area (Å²) in [7, 11) is 1.66. The van der Waals surface area contributed by atoms with Gasteiger partial charge in [-0.05, 0) is 30.2 Å². The molecular formula is C19H18N2O. The largest absolute Gasteiger partial charge is 0.495 e. The van der Waals surface area contributed by atoms with Crippen LogP contribution in [0.2, 0.25) is 0 Å². The highest BCUT2D eigenvalue weighted by Crippen LogP contribution is 2.23. The summed E-state index contributed by atoms with van der Waals surface area (Å²) < 4.78 is 7.22. The highest BCUT2D eigenvalue weighted by molar-refractivity contribution is 5.75. The van der Waals surface area contributed by atoms with Crippen molar-refractivity contribution in [3.8, 4) is 17.0 Å². The lowest BCUT2D eigenvalue weighted by atomic mass is 10.0. The Kier molecular flexibility index (Phi) is 3.79. The van der Waals surface area contributed by atoms with Gasteiger partial charge in [0.25, 0.3) is 0 Å². The van der Waals surface area contributed by atoms with Crippen molar-refractivity contribution in [2.75, 3.05) is 7.11 Å². The van der Waals surface area contributed by atoms with Gasteiger partial charge in [0.15, 0.2) is 0 Å². The molecule has 0 atom stereocenters. The molecule has 3 nitrogen and oxygen atoms in total. The predicted molar refractivity (Wildman–Crippen MR) is 91.0 cm³/mol. The van der Waals surface area contributed by atoms with E-state index in [1.807, 2.05) is 41.9 Å². The van der Waals surface area contributed by atoms with Crippen LogP contribution in [0, 0.1) is 0 Å². The van der Waals surface area contributed by atoms with Crippen LogP contribution in [-0.4, -0.2) is 16.5 Å². The summed E-state index contributed by atoms with van der Waals surface area (Å²) in [6.45, 7) is 5.85. The number of hydrogen-bond donors (Lipinski definition) is 0. The molecule has 0 saturated heterocycles. The van der Waals surface area contributed by atoms with Crippen LogP contribution in [0.25, 0.3) is 22.5 Å². The Morgan fingerprint density at radius 3 is 2.55 bits per heavy atom. The zero-order valence-corrected chi connectivity index (χ0v) is 12.8. The molecule has 0 amide bonds. The van der Waals surface area contributed by atoms with Crippen molar-refractivity contribution in [1.82, 2.24) is 9.38 Å². The lowest BCUT2D eigenvalue weighted by Gasteiger charge is -2.02. The molecule has 2 heterocycles. The molecule has 0 saturated carbocycles. The van der Waals surface area contributed by atoms with Crippen molar-refractivity contribution in [3.05, 3.63) is 73.1 Å². The summed E-state index contributed by atoms with van der Waals surface area (Å²) in [5, 5.41) is 0. The number of aromatic nitrogens is 2. The number of pyridine rings is 1. The second-order valence-electron chi connectivity index (χ2n) is 4.99. The van der Waals surface area contributed by atoms with Crippen molar-refractivity contribution < 1.29 is 4.74 Å². The fourth-order valence-corrected chi connectivity index (χ4v) is 2.47. The first-order chi connectivity index (χ1) is 10.7. The number of nitrogens with zero attached hydrogens (tertiary/aromatic N) is 2. The molecule has 0 bridgehead atoms. The third-order valence-electron chi connectivity index (χ3n) is 3.70. The predicted octanol–water partition coefficient (Wildman–Crippen LogP) is 4.60. The van der Waals surface area contributed by atoms with Gasteiger partial charge in [0.05, 0.1) is 19.0 Å². The molecule has 0 aliphatic rings. The van der Waals surface area contributed by atoms with E-state index in [0.717, 1.165) is 33.8 Å². The third-order valence-corrected chi connectivity index (χ3v) is 3.70. The minimum Gasteiger partial charge on any atom is -0.495 e. The van der Waals surface area contributed by atoms with Crippen molar-refractivity contribution in [3.63, 3.8) is 0 Å². The van der Waals surface area contributed by atoms with E-state index >= 15 is 0 Å². The normalized spacial score (nSPS) is 11.6. The average molecular weight is 290 g/mol. The number of methoxy groups -OCH3 is 1. The van der Waals surface area contributed by atoms with E-state index in [1.54, 1.807) is 7.11 Å². The van der Waals surface area contributed by atoms with Gasteiger partial charge in [-0.2, -0.15) is 0 Å². The van der Waals surface area contributed by atoms with Gasteiger partial charge < -0.3 is 9.14 Å². The zero-order chi connectivity index (χ0) is 15.5. The average Bonchev–Trinajstić information content (AvgIpc) is 2.99. The van der Waals surface area contributed by atoms with Gasteiger partial charge in [-0.3, -0.25) is 0 Å². The Hall–Kier alpha value is -2.81. The van der Waals surface area contributed by atoms with Crippen LogP contribution in [0.1, 0.15) is 12.5 Å². The Labute approximate surface area is 130 Å². The smallest absolute Gasteiger partial charge is 0.137 e. The molecule has 0 aliphatic heterocycles. The molecule has 3 aromatic rings. The van der Waals surface area contributed by atoms with Crippen LogP contribution >= 0.6 is 0 Å². The van der Waals surface area contributed by atoms with Crippen molar-refractivity contribution >= 4 is 11.2 Å². The number of imidazole rings is 1. The van der Waals surface area contributed by atoms with Crippen LogP contribution < -0.4 is 4.74 Å². The van der Waals surface area contributed by atoms with Gasteiger partial charge in [0.1, 0.15) is 11.4 Å². The molecule has 3 rings (SSSR count). The number of hydrogen-bond acceptors (Lipinski definition) is 2. The number of rotatable bonds is 4. The van der Waals surface area contributed by atoms with Crippen LogP contribution in [0.15, 0.2) is 67.5 Å². The first-order valence-electron chi connectivity index (χ1n) is 7.17. The van der Waals surface area contributed by atoms with E-state index in [9.17, 15) is 0 Å². The molecule has 0 aliphatic carbocycles. The minimum absolute atomic E-state index is 0.815. The highest BCUT2D eigenvalue weighted by atomic mass is 16.5. The first-order valence-corrected chi connectivity index (χ1v) is 7.17. The molecular weight excluding hydrogens is 272 g/mol. The molecule has 110 valence electrons. The van der Waals surface area contributed by atoms with Crippen LogP contribution in [-0.2, 0) is 0 Å². The molecule has 0 N–H and O–H groups in total. The molecule has 0 radical (unpaired) electrons. The van der Waals surface area contributed by atoms with Gasteiger partial charge >= 0.3 is 0 Å². The molecule has 3 heteroatoms. The second kappa shape index (κ2) is 5.90. The number of benzene rings is 1.